The number of nitrogens with zero attached hydrogens (tertiary/aromatic N) is 1. The Morgan fingerprint density at radius 1 is 1.03 bits per heavy atom. The molecule has 0 unspecified atom stereocenters. The highest BCUT2D eigenvalue weighted by Gasteiger charge is 2.33. The second-order valence-corrected chi connectivity index (χ2v) is 6.85. The Bertz CT molecular complexity index is 894. The number of hydrogen-bond donors (Lipinski definition) is 2. The molecule has 0 saturated heterocycles. The van der Waals surface area contributed by atoms with E-state index in [-0.39, 0.29) is 6.03 Å². The number of rotatable bonds is 7. The first-order chi connectivity index (χ1) is 14.0. The van der Waals surface area contributed by atoms with Gasteiger partial charge in [0.15, 0.2) is 0 Å². The van der Waals surface area contributed by atoms with Crippen LogP contribution in [0, 0.1) is 0 Å². The molecule has 29 heavy (non-hydrogen) atoms. The topological polar surface area (TPSA) is 79.9 Å². The third-order valence-electron chi connectivity index (χ3n) is 4.73. The molecule has 0 aromatic heterocycles. The van der Waals surface area contributed by atoms with Gasteiger partial charge in [0, 0.05) is 18.8 Å². The van der Waals surface area contributed by atoms with Gasteiger partial charge < -0.3 is 20.1 Å². The number of likely N-dealkylation sites (N-methyl/N-ethyl adjacent to an activating group) is 1. The van der Waals surface area contributed by atoms with Gasteiger partial charge in [0.25, 0.3) is 0 Å². The van der Waals surface area contributed by atoms with Gasteiger partial charge in [-0.3, -0.25) is 4.90 Å². The molecule has 2 amide bonds. The highest BCUT2D eigenvalue weighted by Crippen LogP contribution is 2.29. The number of urea groups is 1. The summed E-state index contributed by atoms with van der Waals surface area (Å²) in [6.45, 7) is 1.06. The van der Waals surface area contributed by atoms with Crippen LogP contribution in [-0.4, -0.2) is 44.7 Å². The van der Waals surface area contributed by atoms with E-state index in [2.05, 4.69) is 10.6 Å². The molecule has 0 spiro atoms. The van der Waals surface area contributed by atoms with Gasteiger partial charge in [-0.2, -0.15) is 0 Å². The fraction of sp³-hybridized carbons (Fsp3) is 0.273. The fourth-order valence-corrected chi connectivity index (χ4v) is 3.36. The van der Waals surface area contributed by atoms with Crippen molar-refractivity contribution in [1.82, 2.24) is 15.5 Å². The highest BCUT2D eigenvalue weighted by molar-refractivity contribution is 5.95. The molecule has 0 bridgehead atoms. The van der Waals surface area contributed by atoms with Gasteiger partial charge >= 0.3 is 12.0 Å². The van der Waals surface area contributed by atoms with Gasteiger partial charge in [-0.05, 0) is 30.3 Å². The second-order valence-electron chi connectivity index (χ2n) is 6.85. The summed E-state index contributed by atoms with van der Waals surface area (Å²) in [5.74, 6) is 0.210. The molecule has 1 heterocycles. The van der Waals surface area contributed by atoms with E-state index >= 15 is 0 Å². The van der Waals surface area contributed by atoms with Gasteiger partial charge in [-0.1, -0.05) is 42.5 Å². The summed E-state index contributed by atoms with van der Waals surface area (Å²) in [6.07, 6.45) is 0. The summed E-state index contributed by atoms with van der Waals surface area (Å²) in [5, 5.41) is 5.60. The largest absolute Gasteiger partial charge is 0.497 e. The molecule has 2 aromatic carbocycles. The standard InChI is InChI=1S/C22H25N3O4/c1-25(13-15-7-5-4-6-8-15)14-18-19(21(26)29-3)20(24-22(27)23-18)16-9-11-17(28-2)12-10-16/h4-12,20H,13-14H2,1-3H3,(H2,23,24,27)/t20-/m0/s1. The van der Waals surface area contributed by atoms with E-state index in [0.29, 0.717) is 30.1 Å². The Morgan fingerprint density at radius 3 is 2.34 bits per heavy atom. The fourth-order valence-electron chi connectivity index (χ4n) is 3.36. The summed E-state index contributed by atoms with van der Waals surface area (Å²) < 4.78 is 10.2. The minimum atomic E-state index is -0.609. The van der Waals surface area contributed by atoms with E-state index in [1.807, 2.05) is 54.4 Å². The first kappa shape index (κ1) is 20.4. The smallest absolute Gasteiger partial charge is 0.338 e. The highest BCUT2D eigenvalue weighted by atomic mass is 16.5. The molecule has 7 heteroatoms. The molecule has 1 aliphatic heterocycles. The van der Waals surface area contributed by atoms with E-state index < -0.39 is 12.0 Å². The van der Waals surface area contributed by atoms with Gasteiger partial charge in [0.2, 0.25) is 0 Å². The van der Waals surface area contributed by atoms with Crippen LogP contribution >= 0.6 is 0 Å². The molecule has 0 fully saturated rings. The molecule has 0 saturated carbocycles. The molecular weight excluding hydrogens is 370 g/mol. The average molecular weight is 395 g/mol. The van der Waals surface area contributed by atoms with Crippen LogP contribution < -0.4 is 15.4 Å². The predicted molar refractivity (Wildman–Crippen MR) is 109 cm³/mol. The van der Waals surface area contributed by atoms with Crippen LogP contribution in [0.4, 0.5) is 4.79 Å². The van der Waals surface area contributed by atoms with Crippen LogP contribution in [0.1, 0.15) is 17.2 Å². The molecule has 7 nitrogen and oxygen atoms in total. The van der Waals surface area contributed by atoms with Gasteiger partial charge in [-0.25, -0.2) is 9.59 Å². The Balaban J connectivity index is 1.91. The first-order valence-corrected chi connectivity index (χ1v) is 9.27. The van der Waals surface area contributed by atoms with Crippen LogP contribution in [0.2, 0.25) is 0 Å². The summed E-state index contributed by atoms with van der Waals surface area (Å²) in [5.41, 5.74) is 2.82. The van der Waals surface area contributed by atoms with Crippen LogP contribution in [-0.2, 0) is 16.1 Å². The zero-order chi connectivity index (χ0) is 20.8. The van der Waals surface area contributed by atoms with Gasteiger partial charge in [-0.15, -0.1) is 0 Å². The second kappa shape index (κ2) is 9.25. The number of carbonyl (C=O) groups excluding carboxylic acids is 2. The van der Waals surface area contributed by atoms with E-state index in [1.165, 1.54) is 7.11 Å². The normalized spacial score (nSPS) is 16.3. The SMILES string of the molecule is COC(=O)C1=C(CN(C)Cc2ccccc2)NC(=O)N[C@H]1c1ccc(OC)cc1. The number of methoxy groups -OCH3 is 2. The number of nitrogens with one attached hydrogen (secondary N) is 2. The third kappa shape index (κ3) is 4.94. The molecule has 3 rings (SSSR count). The number of hydrogen-bond acceptors (Lipinski definition) is 5. The van der Waals surface area contributed by atoms with Crippen LogP contribution in [0.25, 0.3) is 0 Å². The van der Waals surface area contributed by atoms with Crippen molar-refractivity contribution >= 4 is 12.0 Å². The molecule has 2 aromatic rings. The molecule has 2 N–H and O–H groups in total. The molecule has 0 radical (unpaired) electrons. The number of ether oxygens (including phenoxy) is 2. The maximum Gasteiger partial charge on any atom is 0.338 e. The monoisotopic (exact) mass is 395 g/mol. The minimum Gasteiger partial charge on any atom is -0.497 e. The van der Waals surface area contributed by atoms with Crippen molar-refractivity contribution in [3.63, 3.8) is 0 Å². The van der Waals surface area contributed by atoms with Gasteiger partial charge in [0.05, 0.1) is 25.8 Å². The van der Waals surface area contributed by atoms with Crippen LogP contribution in [0.3, 0.4) is 0 Å². The van der Waals surface area contributed by atoms with Gasteiger partial charge in [0.1, 0.15) is 5.75 Å². The predicted octanol–water partition coefficient (Wildman–Crippen LogP) is 2.61. The molecule has 1 aliphatic rings. The van der Waals surface area contributed by atoms with Crippen molar-refractivity contribution in [2.45, 2.75) is 12.6 Å². The minimum absolute atomic E-state index is 0.360. The lowest BCUT2D eigenvalue weighted by atomic mass is 9.95. The Morgan fingerprint density at radius 2 is 1.72 bits per heavy atom. The zero-order valence-corrected chi connectivity index (χ0v) is 16.8. The maximum atomic E-state index is 12.6. The average Bonchev–Trinajstić information content (AvgIpc) is 2.73. The lowest BCUT2D eigenvalue weighted by Crippen LogP contribution is -2.48. The summed E-state index contributed by atoms with van der Waals surface area (Å²) >= 11 is 0. The molecular formula is C22H25N3O4. The number of amides is 2. The van der Waals surface area contributed by atoms with Crippen molar-refractivity contribution in [3.05, 3.63) is 77.0 Å². The summed E-state index contributed by atoms with van der Waals surface area (Å²) in [6, 6.07) is 16.3. The summed E-state index contributed by atoms with van der Waals surface area (Å²) in [4.78, 5) is 27.0. The van der Waals surface area contributed by atoms with Crippen molar-refractivity contribution in [2.24, 2.45) is 0 Å². The van der Waals surface area contributed by atoms with Crippen molar-refractivity contribution in [2.75, 3.05) is 27.8 Å². The Kier molecular flexibility index (Phi) is 6.51. The third-order valence-corrected chi connectivity index (χ3v) is 4.73. The number of carbonyl (C=O) groups is 2. The van der Waals surface area contributed by atoms with E-state index in [1.54, 1.807) is 19.2 Å². The van der Waals surface area contributed by atoms with E-state index in [0.717, 1.165) is 11.1 Å². The number of benzene rings is 2. The molecule has 0 aliphatic carbocycles. The maximum absolute atomic E-state index is 12.6. The zero-order valence-electron chi connectivity index (χ0n) is 16.8. The van der Waals surface area contributed by atoms with Crippen LogP contribution in [0.15, 0.2) is 65.9 Å². The molecule has 152 valence electrons. The van der Waals surface area contributed by atoms with E-state index in [9.17, 15) is 9.59 Å². The quantitative estimate of drug-likeness (QED) is 0.705. The lowest BCUT2D eigenvalue weighted by Gasteiger charge is -2.31. The van der Waals surface area contributed by atoms with E-state index in [4.69, 9.17) is 9.47 Å². The Hall–Kier alpha value is -3.32. The van der Waals surface area contributed by atoms with Crippen LogP contribution in [0.5, 0.6) is 5.75 Å². The molecule has 1 atom stereocenters. The number of esters is 1. The van der Waals surface area contributed by atoms with Crippen molar-refractivity contribution in [3.8, 4) is 5.75 Å². The Labute approximate surface area is 170 Å². The first-order valence-electron chi connectivity index (χ1n) is 9.27. The van der Waals surface area contributed by atoms with Crippen molar-refractivity contribution < 1.29 is 19.1 Å². The lowest BCUT2D eigenvalue weighted by molar-refractivity contribution is -0.136. The van der Waals surface area contributed by atoms with Crippen molar-refractivity contribution in [1.29, 1.82) is 0 Å². The summed E-state index contributed by atoms with van der Waals surface area (Å²) in [7, 11) is 4.86.